The van der Waals surface area contributed by atoms with Gasteiger partial charge in [-0.3, -0.25) is 4.79 Å². The lowest BCUT2D eigenvalue weighted by Crippen LogP contribution is -2.60. The SMILES string of the molecule is CCc1ccc2c(c1)C1(Oc3ccc(Br)cc3C3C=C(c4ccccc4)NN31)C(=O)N2. The van der Waals surface area contributed by atoms with Crippen LogP contribution in [0.15, 0.2) is 77.3 Å². The lowest BCUT2D eigenvalue weighted by atomic mass is 9.94. The molecule has 3 aromatic carbocycles. The average molecular weight is 474 g/mol. The molecule has 2 N–H and O–H groups in total. The third-order valence-corrected chi connectivity index (χ3v) is 6.72. The molecule has 2 unspecified atom stereocenters. The van der Waals surface area contributed by atoms with Crippen molar-refractivity contribution in [1.82, 2.24) is 10.4 Å². The van der Waals surface area contributed by atoms with Crippen LogP contribution in [0, 0.1) is 0 Å². The molecule has 6 rings (SSSR count). The highest BCUT2D eigenvalue weighted by molar-refractivity contribution is 9.10. The zero-order chi connectivity index (χ0) is 21.2. The molecule has 5 nitrogen and oxygen atoms in total. The van der Waals surface area contributed by atoms with Crippen molar-refractivity contribution in [2.24, 2.45) is 0 Å². The molecule has 3 heterocycles. The predicted octanol–water partition coefficient (Wildman–Crippen LogP) is 5.11. The number of carbonyl (C=O) groups excluding carboxylic acids is 1. The van der Waals surface area contributed by atoms with Crippen molar-refractivity contribution >= 4 is 33.2 Å². The number of ether oxygens (including phenoxy) is 1. The monoisotopic (exact) mass is 473 g/mol. The lowest BCUT2D eigenvalue weighted by Gasteiger charge is -2.44. The van der Waals surface area contributed by atoms with Crippen molar-refractivity contribution in [3.05, 3.63) is 99.5 Å². The zero-order valence-electron chi connectivity index (χ0n) is 16.9. The van der Waals surface area contributed by atoms with Crippen molar-refractivity contribution in [2.75, 3.05) is 5.32 Å². The lowest BCUT2D eigenvalue weighted by molar-refractivity contribution is -0.165. The number of hydrogen-bond donors (Lipinski definition) is 2. The topological polar surface area (TPSA) is 53.6 Å². The van der Waals surface area contributed by atoms with E-state index in [2.05, 4.69) is 70.0 Å². The quantitative estimate of drug-likeness (QED) is 0.542. The summed E-state index contributed by atoms with van der Waals surface area (Å²) in [5, 5.41) is 4.99. The fourth-order valence-corrected chi connectivity index (χ4v) is 5.05. The number of halogens is 1. The minimum Gasteiger partial charge on any atom is -0.457 e. The summed E-state index contributed by atoms with van der Waals surface area (Å²) in [6, 6.07) is 22.0. The first-order valence-corrected chi connectivity index (χ1v) is 11.2. The molecule has 31 heavy (non-hydrogen) atoms. The van der Waals surface area contributed by atoms with E-state index in [4.69, 9.17) is 4.74 Å². The van der Waals surface area contributed by atoms with E-state index in [1.165, 1.54) is 0 Å². The molecule has 1 spiro atoms. The molecule has 0 bridgehead atoms. The molecule has 0 radical (unpaired) electrons. The second kappa shape index (κ2) is 6.70. The number of hydrogen-bond acceptors (Lipinski definition) is 4. The van der Waals surface area contributed by atoms with Gasteiger partial charge in [-0.1, -0.05) is 59.3 Å². The summed E-state index contributed by atoms with van der Waals surface area (Å²) in [4.78, 5) is 13.5. The van der Waals surface area contributed by atoms with E-state index in [0.29, 0.717) is 5.75 Å². The Morgan fingerprint density at radius 3 is 2.74 bits per heavy atom. The molecule has 3 aromatic rings. The summed E-state index contributed by atoms with van der Waals surface area (Å²) >= 11 is 3.58. The Kier molecular flexibility index (Phi) is 4.04. The van der Waals surface area contributed by atoms with Crippen molar-refractivity contribution in [2.45, 2.75) is 25.1 Å². The van der Waals surface area contributed by atoms with Crippen LogP contribution in [0.3, 0.4) is 0 Å². The predicted molar refractivity (Wildman–Crippen MR) is 123 cm³/mol. The van der Waals surface area contributed by atoms with Crippen molar-refractivity contribution in [3.63, 3.8) is 0 Å². The summed E-state index contributed by atoms with van der Waals surface area (Å²) in [5.74, 6) is 0.520. The Labute approximate surface area is 188 Å². The maximum Gasteiger partial charge on any atom is 0.291 e. The summed E-state index contributed by atoms with van der Waals surface area (Å²) < 4.78 is 7.54. The Morgan fingerprint density at radius 1 is 1.10 bits per heavy atom. The van der Waals surface area contributed by atoms with Gasteiger partial charge >= 0.3 is 0 Å². The maximum absolute atomic E-state index is 13.5. The average Bonchev–Trinajstić information content (AvgIpc) is 3.36. The van der Waals surface area contributed by atoms with Gasteiger partial charge < -0.3 is 15.5 Å². The molecule has 2 atom stereocenters. The third-order valence-electron chi connectivity index (χ3n) is 6.23. The molecule has 1 amide bonds. The molecule has 6 heteroatoms. The van der Waals surface area contributed by atoms with Gasteiger partial charge in [0.05, 0.1) is 17.4 Å². The zero-order valence-corrected chi connectivity index (χ0v) is 18.4. The third kappa shape index (κ3) is 2.61. The van der Waals surface area contributed by atoms with E-state index in [0.717, 1.165) is 44.5 Å². The van der Waals surface area contributed by atoms with Gasteiger partial charge in [0.15, 0.2) is 0 Å². The van der Waals surface area contributed by atoms with Gasteiger partial charge in [0.2, 0.25) is 0 Å². The summed E-state index contributed by atoms with van der Waals surface area (Å²) in [7, 11) is 0. The largest absolute Gasteiger partial charge is 0.457 e. The van der Waals surface area contributed by atoms with Gasteiger partial charge in [0.1, 0.15) is 5.75 Å². The smallest absolute Gasteiger partial charge is 0.291 e. The minimum absolute atomic E-state index is 0.168. The van der Waals surface area contributed by atoms with Crippen LogP contribution in [0.25, 0.3) is 5.70 Å². The van der Waals surface area contributed by atoms with Crippen molar-refractivity contribution in [3.8, 4) is 5.75 Å². The van der Waals surface area contributed by atoms with Gasteiger partial charge in [-0.25, -0.2) is 0 Å². The van der Waals surface area contributed by atoms with Gasteiger partial charge in [-0.05, 0) is 54.0 Å². The van der Waals surface area contributed by atoms with Gasteiger partial charge in [0.25, 0.3) is 11.6 Å². The van der Waals surface area contributed by atoms with Crippen LogP contribution in [-0.4, -0.2) is 10.9 Å². The highest BCUT2D eigenvalue weighted by atomic mass is 79.9. The molecule has 154 valence electrons. The normalized spacial score (nSPS) is 23.4. The first kappa shape index (κ1) is 18.7. The molecular weight excluding hydrogens is 454 g/mol. The number of hydrazine groups is 1. The fraction of sp³-hybridized carbons (Fsp3) is 0.160. The van der Waals surface area contributed by atoms with Gasteiger partial charge in [-0.2, -0.15) is 5.01 Å². The molecule has 0 fully saturated rings. The van der Waals surface area contributed by atoms with Crippen LogP contribution in [0.5, 0.6) is 5.75 Å². The second-order valence-electron chi connectivity index (χ2n) is 7.99. The molecule has 3 aliphatic rings. The first-order chi connectivity index (χ1) is 15.1. The van der Waals surface area contributed by atoms with E-state index < -0.39 is 5.72 Å². The number of aryl methyl sites for hydroxylation is 1. The van der Waals surface area contributed by atoms with Gasteiger partial charge in [0, 0.05) is 15.6 Å². The Balaban J connectivity index is 1.57. The van der Waals surface area contributed by atoms with E-state index in [1.54, 1.807) is 0 Å². The van der Waals surface area contributed by atoms with E-state index in [-0.39, 0.29) is 11.9 Å². The maximum atomic E-state index is 13.5. The molecule has 0 aliphatic carbocycles. The highest BCUT2D eigenvalue weighted by Gasteiger charge is 2.60. The molecule has 0 saturated carbocycles. The van der Waals surface area contributed by atoms with Crippen LogP contribution in [-0.2, 0) is 16.9 Å². The van der Waals surface area contributed by atoms with E-state index in [1.807, 2.05) is 41.4 Å². The number of rotatable bonds is 2. The number of benzene rings is 3. The van der Waals surface area contributed by atoms with E-state index in [9.17, 15) is 4.79 Å². The summed E-state index contributed by atoms with van der Waals surface area (Å²) in [5.41, 5.74) is 8.02. The van der Waals surface area contributed by atoms with Gasteiger partial charge in [-0.15, -0.1) is 0 Å². The fourth-order valence-electron chi connectivity index (χ4n) is 4.67. The molecule has 0 aromatic heterocycles. The Hall–Kier alpha value is -3.09. The summed E-state index contributed by atoms with van der Waals surface area (Å²) in [6.45, 7) is 2.11. The minimum atomic E-state index is -1.29. The number of anilines is 1. The molecular formula is C25H20BrN3O2. The molecule has 3 aliphatic heterocycles. The van der Waals surface area contributed by atoms with Crippen LogP contribution in [0.1, 0.15) is 35.2 Å². The van der Waals surface area contributed by atoms with Crippen LogP contribution in [0.4, 0.5) is 5.69 Å². The Morgan fingerprint density at radius 2 is 1.94 bits per heavy atom. The van der Waals surface area contributed by atoms with Crippen LogP contribution >= 0.6 is 15.9 Å². The second-order valence-corrected chi connectivity index (χ2v) is 8.90. The first-order valence-electron chi connectivity index (χ1n) is 10.4. The van der Waals surface area contributed by atoms with Crippen LogP contribution < -0.4 is 15.5 Å². The number of amides is 1. The van der Waals surface area contributed by atoms with Crippen molar-refractivity contribution in [1.29, 1.82) is 0 Å². The number of fused-ring (bicyclic) bond motifs is 6. The number of carbonyl (C=O) groups is 1. The van der Waals surface area contributed by atoms with Crippen LogP contribution in [0.2, 0.25) is 0 Å². The highest BCUT2D eigenvalue weighted by Crippen LogP contribution is 2.53. The Bertz CT molecular complexity index is 1260. The number of nitrogens with zero attached hydrogens (tertiary/aromatic N) is 1. The van der Waals surface area contributed by atoms with Crippen molar-refractivity contribution < 1.29 is 9.53 Å². The molecule has 0 saturated heterocycles. The summed E-state index contributed by atoms with van der Waals surface area (Å²) in [6.07, 6.45) is 3.05. The number of nitrogens with one attached hydrogen (secondary N) is 2. The van der Waals surface area contributed by atoms with E-state index >= 15 is 0 Å². The standard InChI is InChI=1S/C25H20BrN3O2/c1-2-15-8-10-20-19(12-15)25(24(30)27-20)29-22(18-13-17(26)9-11-23(18)31-25)14-21(28-29)16-6-4-3-5-7-16/h3-14,22,28H,2H2,1H3,(H,27,30).